The van der Waals surface area contributed by atoms with Crippen molar-refractivity contribution in [2.75, 3.05) is 57.4 Å². The predicted molar refractivity (Wildman–Crippen MR) is 306 cm³/mol. The minimum atomic E-state index is -0.0771. The molecule has 75 heavy (non-hydrogen) atoms. The molecule has 0 amide bonds. The Kier molecular flexibility index (Phi) is 14.8. The van der Waals surface area contributed by atoms with Gasteiger partial charge in [0, 0.05) is 17.1 Å². The number of rotatable bonds is 18. The summed E-state index contributed by atoms with van der Waals surface area (Å²) >= 11 is 0. The lowest BCUT2D eigenvalue weighted by Gasteiger charge is -2.36. The lowest BCUT2D eigenvalue weighted by molar-refractivity contribution is 0.262. The molecule has 1 aliphatic rings. The first kappa shape index (κ1) is 49.2. The van der Waals surface area contributed by atoms with Crippen molar-refractivity contribution in [1.29, 1.82) is 0 Å². The molecule has 0 radical (unpaired) electrons. The standard InChI is InChI=1S/C66H59N3O6/c1-70-61-25-13-7-19-55(61)67(56-20-8-14-26-62(56)71-2)52-37-31-46(32-38-52)49-43-50(47-33-39-53(40-34-47)68(57-21-9-15-27-63(57)72-3)58-22-10-16-28-64(58)73-4)45-51(44-49)48-35-41-54(42-36-48)69(59-23-11-17-29-65(59)74-5)60-24-12-18-30-66(60)75-6/h7-23,25-45,60H,24H2,1-6H3. The van der Waals surface area contributed by atoms with Gasteiger partial charge in [-0.1, -0.05) is 109 Å². The molecule has 0 N–H and O–H groups in total. The van der Waals surface area contributed by atoms with Crippen molar-refractivity contribution in [2.24, 2.45) is 0 Å². The first-order valence-corrected chi connectivity index (χ1v) is 24.9. The smallest absolute Gasteiger partial charge is 0.142 e. The molecular formula is C66H59N3O6. The number of hydrogen-bond acceptors (Lipinski definition) is 9. The fraction of sp³-hybridized carbons (Fsp3) is 0.121. The van der Waals surface area contributed by atoms with Gasteiger partial charge in [-0.05, 0) is 161 Å². The molecule has 9 nitrogen and oxygen atoms in total. The van der Waals surface area contributed by atoms with Gasteiger partial charge in [-0.15, -0.1) is 0 Å². The summed E-state index contributed by atoms with van der Waals surface area (Å²) in [6, 6.07) is 73.2. The van der Waals surface area contributed by atoms with E-state index in [0.717, 1.165) is 120 Å². The van der Waals surface area contributed by atoms with E-state index < -0.39 is 0 Å². The number of nitrogens with zero attached hydrogens (tertiary/aromatic N) is 3. The predicted octanol–water partition coefficient (Wildman–Crippen LogP) is 16.7. The summed E-state index contributed by atoms with van der Waals surface area (Å²) in [4.78, 5) is 6.66. The molecule has 10 rings (SSSR count). The Morgan fingerprint density at radius 1 is 0.320 bits per heavy atom. The highest BCUT2D eigenvalue weighted by molar-refractivity contribution is 5.88. The van der Waals surface area contributed by atoms with Crippen LogP contribution >= 0.6 is 0 Å². The van der Waals surface area contributed by atoms with Crippen molar-refractivity contribution in [3.63, 3.8) is 0 Å². The summed E-state index contributed by atoms with van der Waals surface area (Å²) in [7, 11) is 10.2. The zero-order valence-corrected chi connectivity index (χ0v) is 43.0. The van der Waals surface area contributed by atoms with Crippen molar-refractivity contribution in [1.82, 2.24) is 0 Å². The molecular weight excluding hydrogens is 931 g/mol. The zero-order chi connectivity index (χ0) is 51.7. The van der Waals surface area contributed by atoms with Gasteiger partial charge in [0.1, 0.15) is 34.5 Å². The highest BCUT2D eigenvalue weighted by atomic mass is 16.5. The third-order valence-electron chi connectivity index (χ3n) is 13.6. The van der Waals surface area contributed by atoms with E-state index in [-0.39, 0.29) is 6.04 Å². The molecule has 0 saturated carbocycles. The summed E-state index contributed by atoms with van der Waals surface area (Å²) in [6.07, 6.45) is 7.05. The maximum absolute atomic E-state index is 5.98. The van der Waals surface area contributed by atoms with Gasteiger partial charge < -0.3 is 43.1 Å². The molecule has 0 aliphatic heterocycles. The van der Waals surface area contributed by atoms with Crippen molar-refractivity contribution in [3.05, 3.63) is 236 Å². The van der Waals surface area contributed by atoms with Gasteiger partial charge in [0.05, 0.1) is 77.1 Å². The first-order chi connectivity index (χ1) is 36.9. The second-order valence-electron chi connectivity index (χ2n) is 17.8. The van der Waals surface area contributed by atoms with Crippen LogP contribution in [-0.4, -0.2) is 48.7 Å². The van der Waals surface area contributed by atoms with E-state index in [4.69, 9.17) is 28.4 Å². The van der Waals surface area contributed by atoms with E-state index in [2.05, 4.69) is 148 Å². The molecule has 1 unspecified atom stereocenters. The maximum atomic E-state index is 5.98. The average molecular weight is 990 g/mol. The summed E-state index contributed by atoms with van der Waals surface area (Å²) in [5, 5.41) is 0. The summed E-state index contributed by atoms with van der Waals surface area (Å²) in [5.41, 5.74) is 13.8. The fourth-order valence-corrected chi connectivity index (χ4v) is 9.97. The van der Waals surface area contributed by atoms with Gasteiger partial charge in [0.15, 0.2) is 0 Å². The SMILES string of the molecule is COC1=CC=CCC1N(c1ccc(-c2cc(-c3ccc(N(c4ccccc4OC)c4ccccc4OC)cc3)cc(-c3ccc(N(c4ccccc4OC)c4ccccc4OC)cc3)c2)cc1)c1ccccc1OC. The van der Waals surface area contributed by atoms with Crippen LogP contribution < -0.4 is 38.4 Å². The first-order valence-electron chi connectivity index (χ1n) is 24.9. The van der Waals surface area contributed by atoms with Crippen LogP contribution in [0.1, 0.15) is 6.42 Å². The lowest BCUT2D eigenvalue weighted by Crippen LogP contribution is -2.34. The number of para-hydroxylation sites is 10. The molecule has 1 atom stereocenters. The molecule has 0 bridgehead atoms. The molecule has 9 heteroatoms. The highest BCUT2D eigenvalue weighted by Gasteiger charge is 2.28. The molecule has 0 spiro atoms. The quantitative estimate of drug-likeness (QED) is 0.0836. The van der Waals surface area contributed by atoms with Gasteiger partial charge in [-0.3, -0.25) is 0 Å². The monoisotopic (exact) mass is 989 g/mol. The number of ether oxygens (including phenoxy) is 6. The van der Waals surface area contributed by atoms with Crippen molar-refractivity contribution in [3.8, 4) is 62.1 Å². The van der Waals surface area contributed by atoms with E-state index in [0.29, 0.717) is 0 Å². The molecule has 0 aromatic heterocycles. The normalized spacial score (nSPS) is 12.8. The van der Waals surface area contributed by atoms with Gasteiger partial charge >= 0.3 is 0 Å². The number of methoxy groups -OCH3 is 6. The Balaban J connectivity index is 1.09. The van der Waals surface area contributed by atoms with Crippen molar-refractivity contribution in [2.45, 2.75) is 12.5 Å². The number of hydrogen-bond donors (Lipinski definition) is 0. The third kappa shape index (κ3) is 10.1. The Hall–Kier alpha value is -9.34. The summed E-state index contributed by atoms with van der Waals surface area (Å²) in [6.45, 7) is 0. The third-order valence-corrected chi connectivity index (χ3v) is 13.6. The van der Waals surface area contributed by atoms with Gasteiger partial charge in [0.25, 0.3) is 0 Å². The van der Waals surface area contributed by atoms with Crippen LogP contribution in [0.4, 0.5) is 45.5 Å². The number of allylic oxidation sites excluding steroid dienone is 2. The topological polar surface area (TPSA) is 65.1 Å². The van der Waals surface area contributed by atoms with Crippen LogP contribution in [0, 0.1) is 0 Å². The highest BCUT2D eigenvalue weighted by Crippen LogP contribution is 2.47. The van der Waals surface area contributed by atoms with Gasteiger partial charge in [-0.2, -0.15) is 0 Å². The van der Waals surface area contributed by atoms with E-state index in [9.17, 15) is 0 Å². The maximum Gasteiger partial charge on any atom is 0.142 e. The average Bonchev–Trinajstić information content (AvgIpc) is 3.48. The molecule has 0 saturated heterocycles. The minimum absolute atomic E-state index is 0.0771. The number of benzene rings is 9. The van der Waals surface area contributed by atoms with Crippen molar-refractivity contribution >= 4 is 45.5 Å². The van der Waals surface area contributed by atoms with Crippen LogP contribution in [0.15, 0.2) is 236 Å². The molecule has 9 aromatic carbocycles. The molecule has 1 aliphatic carbocycles. The van der Waals surface area contributed by atoms with E-state index in [1.807, 2.05) is 97.1 Å². The van der Waals surface area contributed by atoms with Gasteiger partial charge in [0.2, 0.25) is 0 Å². The van der Waals surface area contributed by atoms with E-state index >= 15 is 0 Å². The molecule has 9 aromatic rings. The summed E-state index contributed by atoms with van der Waals surface area (Å²) in [5.74, 6) is 4.63. The number of anilines is 8. The second-order valence-corrected chi connectivity index (χ2v) is 17.8. The van der Waals surface area contributed by atoms with E-state index in [1.165, 1.54) is 0 Å². The Morgan fingerprint density at radius 3 is 0.960 bits per heavy atom. The Morgan fingerprint density at radius 2 is 0.627 bits per heavy atom. The molecule has 0 fully saturated rings. The van der Waals surface area contributed by atoms with Crippen LogP contribution in [0.5, 0.6) is 28.7 Å². The van der Waals surface area contributed by atoms with Crippen LogP contribution in [0.3, 0.4) is 0 Å². The van der Waals surface area contributed by atoms with E-state index in [1.54, 1.807) is 42.7 Å². The lowest BCUT2D eigenvalue weighted by atomic mass is 9.92. The largest absolute Gasteiger partial charge is 0.499 e. The Bertz CT molecular complexity index is 3210. The second kappa shape index (κ2) is 22.6. The van der Waals surface area contributed by atoms with Crippen LogP contribution in [0.2, 0.25) is 0 Å². The zero-order valence-electron chi connectivity index (χ0n) is 43.0. The van der Waals surface area contributed by atoms with Gasteiger partial charge in [-0.25, -0.2) is 0 Å². The molecule has 0 heterocycles. The van der Waals surface area contributed by atoms with Crippen LogP contribution in [-0.2, 0) is 4.74 Å². The summed E-state index contributed by atoms with van der Waals surface area (Å²) < 4.78 is 35.6. The van der Waals surface area contributed by atoms with Crippen molar-refractivity contribution < 1.29 is 28.4 Å². The van der Waals surface area contributed by atoms with Crippen LogP contribution in [0.25, 0.3) is 33.4 Å². The molecule has 374 valence electrons. The minimum Gasteiger partial charge on any atom is -0.499 e. The fourth-order valence-electron chi connectivity index (χ4n) is 9.97. The Labute approximate surface area is 440 Å².